The lowest BCUT2D eigenvalue weighted by Crippen LogP contribution is -2.64. The number of benzene rings is 2. The molecule has 1 fully saturated rings. The number of hydrogen-bond acceptors (Lipinski definition) is 2. The van der Waals surface area contributed by atoms with Crippen molar-refractivity contribution >= 4 is 5.69 Å². The van der Waals surface area contributed by atoms with E-state index in [2.05, 4.69) is 23.2 Å². The Hall–Kier alpha value is -1.94. The zero-order valence-electron chi connectivity index (χ0n) is 12.3. The topological polar surface area (TPSA) is 6.48 Å². The van der Waals surface area contributed by atoms with Crippen LogP contribution in [0.25, 0.3) is 0 Å². The van der Waals surface area contributed by atoms with E-state index in [1.54, 1.807) is 5.01 Å². The number of alkyl halides is 2. The maximum Gasteiger partial charge on any atom is 0.276 e. The number of fused-ring (bicyclic) bond motifs is 1. The predicted octanol–water partition coefficient (Wildman–Crippen LogP) is 4.05. The van der Waals surface area contributed by atoms with Crippen LogP contribution in [0.5, 0.6) is 0 Å². The van der Waals surface area contributed by atoms with Crippen molar-refractivity contribution in [3.8, 4) is 0 Å². The zero-order chi connectivity index (χ0) is 15.2. The Morgan fingerprint density at radius 1 is 0.909 bits per heavy atom. The Labute approximate surface area is 128 Å². The van der Waals surface area contributed by atoms with Gasteiger partial charge in [-0.25, -0.2) is 13.8 Å². The molecule has 0 bridgehead atoms. The first-order valence-electron chi connectivity index (χ1n) is 7.69. The molecule has 0 amide bonds. The van der Waals surface area contributed by atoms with E-state index < -0.39 is 5.92 Å². The molecule has 0 aliphatic carbocycles. The molecule has 0 radical (unpaired) electrons. The largest absolute Gasteiger partial charge is 0.298 e. The van der Waals surface area contributed by atoms with Crippen LogP contribution in [0.15, 0.2) is 54.6 Å². The van der Waals surface area contributed by atoms with E-state index in [4.69, 9.17) is 0 Å². The van der Waals surface area contributed by atoms with Crippen molar-refractivity contribution in [1.82, 2.24) is 5.01 Å². The van der Waals surface area contributed by atoms with Crippen molar-refractivity contribution in [1.29, 1.82) is 0 Å². The lowest BCUT2D eigenvalue weighted by atomic mass is 9.92. The number of aryl methyl sites for hydroxylation is 1. The quantitative estimate of drug-likeness (QED) is 0.825. The Morgan fingerprint density at radius 2 is 1.59 bits per heavy atom. The second-order valence-corrected chi connectivity index (χ2v) is 6.12. The summed E-state index contributed by atoms with van der Waals surface area (Å²) >= 11 is 0. The molecular weight excluding hydrogens is 282 g/mol. The van der Waals surface area contributed by atoms with Gasteiger partial charge in [0.05, 0.1) is 24.8 Å². The molecule has 0 spiro atoms. The van der Waals surface area contributed by atoms with Gasteiger partial charge in [0.15, 0.2) is 0 Å². The monoisotopic (exact) mass is 300 g/mol. The van der Waals surface area contributed by atoms with Gasteiger partial charge in [0.1, 0.15) is 0 Å². The summed E-state index contributed by atoms with van der Waals surface area (Å²) in [5.41, 5.74) is 3.50. The van der Waals surface area contributed by atoms with Crippen LogP contribution in [0.1, 0.15) is 23.6 Å². The van der Waals surface area contributed by atoms with Crippen LogP contribution in [-0.2, 0) is 6.42 Å². The minimum absolute atomic E-state index is 0.132. The van der Waals surface area contributed by atoms with Crippen molar-refractivity contribution in [3.05, 3.63) is 65.7 Å². The molecule has 2 heterocycles. The van der Waals surface area contributed by atoms with Crippen molar-refractivity contribution in [2.75, 3.05) is 18.1 Å². The van der Waals surface area contributed by atoms with Crippen LogP contribution in [0.4, 0.5) is 14.5 Å². The first-order chi connectivity index (χ1) is 10.6. The molecule has 2 nitrogen and oxygen atoms in total. The predicted molar refractivity (Wildman–Crippen MR) is 82.9 cm³/mol. The van der Waals surface area contributed by atoms with Gasteiger partial charge in [0, 0.05) is 0 Å². The number of nitrogens with zero attached hydrogens (tertiary/aromatic N) is 2. The Bertz CT molecular complexity index is 664. The number of halogens is 2. The summed E-state index contributed by atoms with van der Waals surface area (Å²) in [6.07, 6.45) is 1.93. The number of hydrazine groups is 1. The molecule has 0 saturated carbocycles. The molecule has 2 aliphatic rings. The number of para-hydroxylation sites is 1. The lowest BCUT2D eigenvalue weighted by molar-refractivity contribution is -0.139. The maximum absolute atomic E-state index is 13.4. The first-order valence-corrected chi connectivity index (χ1v) is 7.69. The standard InChI is InChI=1S/C18H18F2N2/c19-18(20)12-21(13-18)22-16-9-5-4-8-15(16)10-11-17(22)14-6-2-1-3-7-14/h1-9,17H,10-13H2. The third kappa shape index (κ3) is 2.28. The minimum Gasteiger partial charge on any atom is -0.298 e. The van der Waals surface area contributed by atoms with Crippen molar-refractivity contribution in [2.24, 2.45) is 0 Å². The Balaban J connectivity index is 1.73. The van der Waals surface area contributed by atoms with E-state index >= 15 is 0 Å². The lowest BCUT2D eigenvalue weighted by Gasteiger charge is -2.52. The van der Waals surface area contributed by atoms with Gasteiger partial charge in [-0.1, -0.05) is 48.5 Å². The number of hydrogen-bond donors (Lipinski definition) is 0. The van der Waals surface area contributed by atoms with Crippen LogP contribution < -0.4 is 5.01 Å². The summed E-state index contributed by atoms with van der Waals surface area (Å²) in [6.45, 7) is -0.380. The molecule has 4 rings (SSSR count). The van der Waals surface area contributed by atoms with Gasteiger partial charge in [-0.15, -0.1) is 0 Å². The average molecular weight is 300 g/mol. The van der Waals surface area contributed by atoms with Crippen LogP contribution in [0.3, 0.4) is 0 Å². The molecule has 114 valence electrons. The van der Waals surface area contributed by atoms with Crippen LogP contribution in [0, 0.1) is 0 Å². The molecule has 22 heavy (non-hydrogen) atoms. The molecule has 1 atom stereocenters. The zero-order valence-corrected chi connectivity index (χ0v) is 12.3. The summed E-state index contributed by atoms with van der Waals surface area (Å²) in [5, 5.41) is 3.88. The van der Waals surface area contributed by atoms with E-state index in [1.807, 2.05) is 36.4 Å². The van der Waals surface area contributed by atoms with Crippen LogP contribution >= 0.6 is 0 Å². The molecule has 1 saturated heterocycles. The fourth-order valence-electron chi connectivity index (χ4n) is 3.50. The maximum atomic E-state index is 13.4. The van der Waals surface area contributed by atoms with Gasteiger partial charge in [0.25, 0.3) is 5.92 Å². The number of rotatable bonds is 2. The first kappa shape index (κ1) is 13.7. The van der Waals surface area contributed by atoms with Crippen molar-refractivity contribution in [3.63, 3.8) is 0 Å². The van der Waals surface area contributed by atoms with Gasteiger partial charge < -0.3 is 0 Å². The highest BCUT2D eigenvalue weighted by atomic mass is 19.3. The second-order valence-electron chi connectivity index (χ2n) is 6.12. The summed E-state index contributed by atoms with van der Waals surface area (Å²) in [6, 6.07) is 18.5. The van der Waals surface area contributed by atoms with Gasteiger partial charge in [-0.3, -0.25) is 5.01 Å². The van der Waals surface area contributed by atoms with Crippen LogP contribution in [0.2, 0.25) is 0 Å². The SMILES string of the molecule is FC1(F)CN(N2c3ccccc3CCC2c2ccccc2)C1. The molecule has 1 unspecified atom stereocenters. The van der Waals surface area contributed by atoms with Crippen molar-refractivity contribution in [2.45, 2.75) is 24.8 Å². The Morgan fingerprint density at radius 3 is 2.32 bits per heavy atom. The summed E-state index contributed by atoms with van der Waals surface area (Å²) in [4.78, 5) is 0. The third-order valence-electron chi connectivity index (χ3n) is 4.54. The van der Waals surface area contributed by atoms with Crippen molar-refractivity contribution < 1.29 is 8.78 Å². The van der Waals surface area contributed by atoms with Gasteiger partial charge in [-0.05, 0) is 30.0 Å². The number of anilines is 1. The van der Waals surface area contributed by atoms with Gasteiger partial charge in [0.2, 0.25) is 0 Å². The Kier molecular flexibility index (Phi) is 3.15. The summed E-state index contributed by atoms with van der Waals surface area (Å²) in [5.74, 6) is -2.56. The molecule has 2 aromatic carbocycles. The highest BCUT2D eigenvalue weighted by Gasteiger charge is 2.49. The fraction of sp³-hybridized carbons (Fsp3) is 0.333. The molecule has 0 N–H and O–H groups in total. The van der Waals surface area contributed by atoms with E-state index in [-0.39, 0.29) is 19.1 Å². The highest BCUT2D eigenvalue weighted by molar-refractivity contribution is 5.57. The smallest absolute Gasteiger partial charge is 0.276 e. The van der Waals surface area contributed by atoms with E-state index in [0.29, 0.717) is 0 Å². The fourth-order valence-corrected chi connectivity index (χ4v) is 3.50. The van der Waals surface area contributed by atoms with E-state index in [9.17, 15) is 8.78 Å². The second kappa shape index (κ2) is 5.06. The molecule has 4 heteroatoms. The minimum atomic E-state index is -2.56. The van der Waals surface area contributed by atoms with E-state index in [0.717, 1.165) is 18.5 Å². The third-order valence-corrected chi connectivity index (χ3v) is 4.54. The summed E-state index contributed by atoms with van der Waals surface area (Å²) in [7, 11) is 0. The highest BCUT2D eigenvalue weighted by Crippen LogP contribution is 2.42. The molecule has 2 aliphatic heterocycles. The molecular formula is C18H18F2N2. The normalized spacial score (nSPS) is 23.7. The van der Waals surface area contributed by atoms with Gasteiger partial charge in [-0.2, -0.15) is 0 Å². The van der Waals surface area contributed by atoms with Crippen LogP contribution in [-0.4, -0.2) is 24.0 Å². The average Bonchev–Trinajstić information content (AvgIpc) is 2.52. The van der Waals surface area contributed by atoms with E-state index in [1.165, 1.54) is 11.1 Å². The summed E-state index contributed by atoms with van der Waals surface area (Å²) < 4.78 is 26.8. The molecule has 2 aromatic rings. The van der Waals surface area contributed by atoms with Gasteiger partial charge >= 0.3 is 0 Å². The molecule has 0 aromatic heterocycles.